The van der Waals surface area contributed by atoms with Crippen molar-refractivity contribution in [2.75, 3.05) is 10.2 Å². The summed E-state index contributed by atoms with van der Waals surface area (Å²) < 4.78 is 15.0. The Morgan fingerprint density at radius 3 is 2.72 bits per heavy atom. The van der Waals surface area contributed by atoms with Gasteiger partial charge in [-0.1, -0.05) is 34.1 Å². The largest absolute Gasteiger partial charge is 0.359 e. The predicted molar refractivity (Wildman–Crippen MR) is 98.0 cm³/mol. The molecule has 3 aromatic rings. The summed E-state index contributed by atoms with van der Waals surface area (Å²) in [6, 6.07) is 15.7. The SMILES string of the molecule is O=C1c2ccccc2C(Nc2ccc(Br)cc2F)N1c1cccnc1. The number of carbonyl (C=O) groups excluding carboxylic acids is 1. The fourth-order valence-electron chi connectivity index (χ4n) is 2.98. The van der Waals surface area contributed by atoms with Gasteiger partial charge in [-0.25, -0.2) is 4.39 Å². The second-order valence-corrected chi connectivity index (χ2v) is 6.56. The number of anilines is 2. The third-order valence-corrected chi connectivity index (χ3v) is 4.60. The Bertz CT molecular complexity index is 948. The van der Waals surface area contributed by atoms with E-state index in [4.69, 9.17) is 0 Å². The van der Waals surface area contributed by atoms with Gasteiger partial charge < -0.3 is 5.32 Å². The highest BCUT2D eigenvalue weighted by molar-refractivity contribution is 9.10. The van der Waals surface area contributed by atoms with Gasteiger partial charge in [0.25, 0.3) is 5.91 Å². The van der Waals surface area contributed by atoms with E-state index in [1.165, 1.54) is 6.07 Å². The quantitative estimate of drug-likeness (QED) is 0.693. The molecular weight excluding hydrogens is 385 g/mol. The molecule has 2 heterocycles. The molecular formula is C19H13BrFN3O. The predicted octanol–water partition coefficient (Wildman–Crippen LogP) is 4.75. The van der Waals surface area contributed by atoms with Crippen molar-refractivity contribution in [2.45, 2.75) is 6.17 Å². The molecule has 1 amide bonds. The molecule has 0 radical (unpaired) electrons. The molecule has 25 heavy (non-hydrogen) atoms. The Kier molecular flexibility index (Phi) is 3.97. The van der Waals surface area contributed by atoms with Crippen LogP contribution in [0.5, 0.6) is 0 Å². The summed E-state index contributed by atoms with van der Waals surface area (Å²) in [5.74, 6) is -0.532. The molecule has 1 atom stereocenters. The molecule has 4 rings (SSSR count). The van der Waals surface area contributed by atoms with Crippen LogP contribution in [-0.4, -0.2) is 10.9 Å². The molecule has 6 heteroatoms. The summed E-state index contributed by atoms with van der Waals surface area (Å²) >= 11 is 3.25. The number of benzene rings is 2. The number of fused-ring (bicyclic) bond motifs is 1. The minimum absolute atomic E-state index is 0.140. The van der Waals surface area contributed by atoms with Crippen molar-refractivity contribution < 1.29 is 9.18 Å². The third-order valence-electron chi connectivity index (χ3n) is 4.11. The van der Waals surface area contributed by atoms with Gasteiger partial charge in [-0.05, 0) is 36.4 Å². The van der Waals surface area contributed by atoms with Gasteiger partial charge in [0.15, 0.2) is 0 Å². The van der Waals surface area contributed by atoms with Crippen LogP contribution in [0.2, 0.25) is 0 Å². The number of amides is 1. The first-order valence-electron chi connectivity index (χ1n) is 7.69. The average molecular weight is 398 g/mol. The van der Waals surface area contributed by atoms with Crippen LogP contribution in [0.15, 0.2) is 71.5 Å². The molecule has 1 aliphatic rings. The number of nitrogens with one attached hydrogen (secondary N) is 1. The summed E-state index contributed by atoms with van der Waals surface area (Å²) in [5.41, 5.74) is 2.38. The number of rotatable bonds is 3. The zero-order valence-corrected chi connectivity index (χ0v) is 14.6. The standard InChI is InChI=1S/C19H13BrFN3O/c20-12-7-8-17(16(21)10-12)23-18-14-5-1-2-6-15(14)19(25)24(18)13-4-3-9-22-11-13/h1-11,18,23H. The Balaban J connectivity index is 1.80. The van der Waals surface area contributed by atoms with Crippen LogP contribution in [0, 0.1) is 5.82 Å². The summed E-state index contributed by atoms with van der Waals surface area (Å²) in [4.78, 5) is 18.6. The van der Waals surface area contributed by atoms with Crippen LogP contribution in [0.4, 0.5) is 15.8 Å². The molecule has 124 valence electrons. The highest BCUT2D eigenvalue weighted by Crippen LogP contribution is 2.38. The van der Waals surface area contributed by atoms with Gasteiger partial charge in [0.05, 0.1) is 17.6 Å². The van der Waals surface area contributed by atoms with Crippen molar-refractivity contribution in [1.29, 1.82) is 0 Å². The molecule has 1 aliphatic heterocycles. The van der Waals surface area contributed by atoms with Crippen LogP contribution in [-0.2, 0) is 0 Å². The number of nitrogens with zero attached hydrogens (tertiary/aromatic N) is 2. The molecule has 0 saturated carbocycles. The fraction of sp³-hybridized carbons (Fsp3) is 0.0526. The minimum Gasteiger partial charge on any atom is -0.359 e. The van der Waals surface area contributed by atoms with Crippen molar-refractivity contribution in [3.8, 4) is 0 Å². The average Bonchev–Trinajstić information content (AvgIpc) is 2.91. The second-order valence-electron chi connectivity index (χ2n) is 5.64. The second kappa shape index (κ2) is 6.29. The van der Waals surface area contributed by atoms with Crippen molar-refractivity contribution in [2.24, 2.45) is 0 Å². The lowest BCUT2D eigenvalue weighted by atomic mass is 10.1. The summed E-state index contributed by atoms with van der Waals surface area (Å²) in [6.45, 7) is 0. The summed E-state index contributed by atoms with van der Waals surface area (Å²) in [7, 11) is 0. The lowest BCUT2D eigenvalue weighted by Gasteiger charge is -2.27. The van der Waals surface area contributed by atoms with Crippen LogP contribution in [0.3, 0.4) is 0 Å². The number of pyridine rings is 1. The van der Waals surface area contributed by atoms with Crippen LogP contribution in [0.1, 0.15) is 22.1 Å². The highest BCUT2D eigenvalue weighted by Gasteiger charge is 2.37. The first-order valence-corrected chi connectivity index (χ1v) is 8.48. The summed E-state index contributed by atoms with van der Waals surface area (Å²) in [5, 5.41) is 3.15. The maximum atomic E-state index is 14.3. The maximum absolute atomic E-state index is 14.3. The number of hydrogen-bond donors (Lipinski definition) is 1. The third kappa shape index (κ3) is 2.78. The molecule has 0 spiro atoms. The van der Waals surface area contributed by atoms with E-state index >= 15 is 0 Å². The smallest absolute Gasteiger partial charge is 0.260 e. The Morgan fingerprint density at radius 2 is 1.96 bits per heavy atom. The van der Waals surface area contributed by atoms with E-state index in [9.17, 15) is 9.18 Å². The van der Waals surface area contributed by atoms with E-state index in [-0.39, 0.29) is 5.91 Å². The Labute approximate surface area is 152 Å². The molecule has 0 saturated heterocycles. The number of halogens is 2. The van der Waals surface area contributed by atoms with Gasteiger partial charge in [-0.3, -0.25) is 14.7 Å². The van der Waals surface area contributed by atoms with Crippen molar-refractivity contribution in [1.82, 2.24) is 4.98 Å². The van der Waals surface area contributed by atoms with Gasteiger partial charge in [0.2, 0.25) is 0 Å². The van der Waals surface area contributed by atoms with E-state index in [0.717, 1.165) is 5.56 Å². The normalized spacial score (nSPS) is 16.0. The molecule has 1 N–H and O–H groups in total. The first-order chi connectivity index (χ1) is 12.1. The molecule has 0 fully saturated rings. The zero-order valence-electron chi connectivity index (χ0n) is 13.0. The van der Waals surface area contributed by atoms with Gasteiger partial charge in [0.1, 0.15) is 12.0 Å². The lowest BCUT2D eigenvalue weighted by molar-refractivity contribution is 0.0993. The van der Waals surface area contributed by atoms with Crippen molar-refractivity contribution >= 4 is 33.2 Å². The minimum atomic E-state index is -0.511. The van der Waals surface area contributed by atoms with E-state index in [1.807, 2.05) is 24.3 Å². The molecule has 2 aromatic carbocycles. The monoisotopic (exact) mass is 397 g/mol. The van der Waals surface area contributed by atoms with Gasteiger partial charge in [-0.15, -0.1) is 0 Å². The molecule has 4 nitrogen and oxygen atoms in total. The van der Waals surface area contributed by atoms with Crippen LogP contribution < -0.4 is 10.2 Å². The molecule has 1 aromatic heterocycles. The van der Waals surface area contributed by atoms with Crippen LogP contribution >= 0.6 is 15.9 Å². The fourth-order valence-corrected chi connectivity index (χ4v) is 3.31. The number of carbonyl (C=O) groups is 1. The lowest BCUT2D eigenvalue weighted by Crippen LogP contribution is -2.32. The topological polar surface area (TPSA) is 45.2 Å². The van der Waals surface area contributed by atoms with Gasteiger partial charge in [0, 0.05) is 21.8 Å². The molecule has 0 aliphatic carbocycles. The van der Waals surface area contributed by atoms with Crippen LogP contribution in [0.25, 0.3) is 0 Å². The van der Waals surface area contributed by atoms with E-state index in [2.05, 4.69) is 26.2 Å². The van der Waals surface area contributed by atoms with Crippen molar-refractivity contribution in [3.63, 3.8) is 0 Å². The van der Waals surface area contributed by atoms with E-state index in [1.54, 1.807) is 41.6 Å². The summed E-state index contributed by atoms with van der Waals surface area (Å²) in [6.07, 6.45) is 2.76. The molecule has 0 bridgehead atoms. The highest BCUT2D eigenvalue weighted by atomic mass is 79.9. The maximum Gasteiger partial charge on any atom is 0.260 e. The number of hydrogen-bond acceptors (Lipinski definition) is 3. The Morgan fingerprint density at radius 1 is 1.12 bits per heavy atom. The Hall–Kier alpha value is -2.73. The van der Waals surface area contributed by atoms with Gasteiger partial charge in [-0.2, -0.15) is 0 Å². The number of aromatic nitrogens is 1. The van der Waals surface area contributed by atoms with Crippen molar-refractivity contribution in [3.05, 3.63) is 88.4 Å². The van der Waals surface area contributed by atoms with E-state index < -0.39 is 12.0 Å². The molecule has 1 unspecified atom stereocenters. The van der Waals surface area contributed by atoms with E-state index in [0.29, 0.717) is 21.4 Å². The zero-order chi connectivity index (χ0) is 17.4. The van der Waals surface area contributed by atoms with Gasteiger partial charge >= 0.3 is 0 Å². The first kappa shape index (κ1) is 15.8.